The lowest BCUT2D eigenvalue weighted by atomic mass is 10.2. The van der Waals surface area contributed by atoms with Gasteiger partial charge in [-0.15, -0.1) is 11.8 Å². The molecule has 1 rings (SSSR count). The molecule has 4 heteroatoms. The zero-order valence-electron chi connectivity index (χ0n) is 10.9. The predicted octanol–water partition coefficient (Wildman–Crippen LogP) is -0.546. The molecule has 0 spiro atoms. The number of thioether (sulfide) groups is 1. The van der Waals surface area contributed by atoms with Gasteiger partial charge in [0.1, 0.15) is 0 Å². The minimum absolute atomic E-state index is 0. The molecule has 0 heterocycles. The molecule has 0 fully saturated rings. The molecule has 0 aliphatic carbocycles. The molecule has 1 N–H and O–H groups in total. The molecule has 0 radical (unpaired) electrons. The van der Waals surface area contributed by atoms with Gasteiger partial charge in [-0.05, 0) is 57.6 Å². The number of hydrogen-bond acceptors (Lipinski definition) is 3. The molecule has 2 nitrogen and oxygen atoms in total. The Balaban J connectivity index is 0.00000256. The van der Waals surface area contributed by atoms with Gasteiger partial charge in [-0.3, -0.25) is 0 Å². The second kappa shape index (κ2) is 9.77. The molecule has 0 atom stereocenters. The van der Waals surface area contributed by atoms with Crippen LogP contribution in [0.3, 0.4) is 0 Å². The summed E-state index contributed by atoms with van der Waals surface area (Å²) in [6, 6.07) is 8.76. The van der Waals surface area contributed by atoms with E-state index in [2.05, 4.69) is 54.8 Å². The Kier molecular flexibility index (Phi) is 9.65. The highest BCUT2D eigenvalue weighted by Gasteiger charge is 1.94. The minimum Gasteiger partial charge on any atom is -1.00 e. The van der Waals surface area contributed by atoms with Gasteiger partial charge < -0.3 is 22.6 Å². The van der Waals surface area contributed by atoms with Crippen LogP contribution in [0.4, 0.5) is 0 Å². The Morgan fingerprint density at radius 2 is 1.82 bits per heavy atom. The fourth-order valence-electron chi connectivity index (χ4n) is 1.50. The molecule has 0 unspecified atom stereocenters. The highest BCUT2D eigenvalue weighted by atomic mass is 35.5. The SMILES string of the molecule is CSc1ccc(CNCCCN(C)C)cc1.[Cl-]. The summed E-state index contributed by atoms with van der Waals surface area (Å²) in [7, 11) is 4.22. The van der Waals surface area contributed by atoms with Gasteiger partial charge in [0.15, 0.2) is 0 Å². The number of benzene rings is 1. The van der Waals surface area contributed by atoms with Crippen LogP contribution in [0.2, 0.25) is 0 Å². The summed E-state index contributed by atoms with van der Waals surface area (Å²) in [5, 5.41) is 3.46. The summed E-state index contributed by atoms with van der Waals surface area (Å²) in [5.41, 5.74) is 1.36. The molecule has 0 amide bonds. The molecule has 0 saturated carbocycles. The lowest BCUT2D eigenvalue weighted by molar-refractivity contribution is -0.00000349. The zero-order valence-corrected chi connectivity index (χ0v) is 12.4. The van der Waals surface area contributed by atoms with E-state index < -0.39 is 0 Å². The van der Waals surface area contributed by atoms with E-state index in [4.69, 9.17) is 0 Å². The van der Waals surface area contributed by atoms with Crippen molar-refractivity contribution in [2.24, 2.45) is 0 Å². The van der Waals surface area contributed by atoms with Crippen LogP contribution >= 0.6 is 11.8 Å². The summed E-state index contributed by atoms with van der Waals surface area (Å²) >= 11 is 1.79. The Hall–Kier alpha value is -0.220. The normalized spacial score (nSPS) is 10.4. The van der Waals surface area contributed by atoms with E-state index in [9.17, 15) is 0 Å². The molecule has 0 aliphatic heterocycles. The molecular weight excluding hydrogens is 252 g/mol. The van der Waals surface area contributed by atoms with Crippen LogP contribution < -0.4 is 17.7 Å². The lowest BCUT2D eigenvalue weighted by Crippen LogP contribution is -3.00. The fraction of sp³-hybridized carbons (Fsp3) is 0.538. The number of rotatable bonds is 7. The molecule has 0 saturated heterocycles. The van der Waals surface area contributed by atoms with E-state index >= 15 is 0 Å². The Bertz CT molecular complexity index is 288. The topological polar surface area (TPSA) is 15.3 Å². The van der Waals surface area contributed by atoms with Crippen molar-refractivity contribution in [3.8, 4) is 0 Å². The van der Waals surface area contributed by atoms with Crippen molar-refractivity contribution in [1.29, 1.82) is 0 Å². The number of halogens is 1. The third-order valence-electron chi connectivity index (χ3n) is 2.45. The maximum Gasteiger partial charge on any atom is 0.0205 e. The maximum atomic E-state index is 3.46. The molecule has 98 valence electrons. The quantitative estimate of drug-likeness (QED) is 0.530. The standard InChI is InChI=1S/C13H22N2S.ClH/c1-15(2)10-4-9-14-11-12-5-7-13(16-3)8-6-12;/h5-8,14H,4,9-11H2,1-3H3;1H/p-1. The molecule has 1 aromatic carbocycles. The van der Waals surface area contributed by atoms with Crippen LogP contribution in [0.5, 0.6) is 0 Å². The Morgan fingerprint density at radius 3 is 2.35 bits per heavy atom. The lowest BCUT2D eigenvalue weighted by Gasteiger charge is -2.09. The first-order chi connectivity index (χ1) is 7.72. The van der Waals surface area contributed by atoms with Crippen LogP contribution in [0.15, 0.2) is 29.2 Å². The van der Waals surface area contributed by atoms with Gasteiger partial charge in [0.25, 0.3) is 0 Å². The van der Waals surface area contributed by atoms with Crippen molar-refractivity contribution in [2.75, 3.05) is 33.4 Å². The highest BCUT2D eigenvalue weighted by molar-refractivity contribution is 7.98. The average molecular weight is 274 g/mol. The second-order valence-electron chi connectivity index (χ2n) is 4.18. The van der Waals surface area contributed by atoms with E-state index in [1.54, 1.807) is 11.8 Å². The molecule has 0 aliphatic rings. The van der Waals surface area contributed by atoms with Gasteiger partial charge in [-0.1, -0.05) is 12.1 Å². The smallest absolute Gasteiger partial charge is 0.0205 e. The summed E-state index contributed by atoms with van der Waals surface area (Å²) in [4.78, 5) is 3.55. The summed E-state index contributed by atoms with van der Waals surface area (Å²) < 4.78 is 0. The maximum absolute atomic E-state index is 3.46. The first-order valence-corrected chi connectivity index (χ1v) is 6.93. The van der Waals surface area contributed by atoms with Gasteiger partial charge in [0, 0.05) is 11.4 Å². The van der Waals surface area contributed by atoms with Crippen LogP contribution in [-0.2, 0) is 6.54 Å². The first kappa shape index (κ1) is 16.8. The first-order valence-electron chi connectivity index (χ1n) is 5.71. The highest BCUT2D eigenvalue weighted by Crippen LogP contribution is 2.14. The largest absolute Gasteiger partial charge is 1.00 e. The van der Waals surface area contributed by atoms with Crippen LogP contribution in [0.25, 0.3) is 0 Å². The molecule has 0 bridgehead atoms. The van der Waals surface area contributed by atoms with E-state index in [1.165, 1.54) is 16.9 Å². The van der Waals surface area contributed by atoms with E-state index in [0.29, 0.717) is 0 Å². The Labute approximate surface area is 116 Å². The summed E-state index contributed by atoms with van der Waals surface area (Å²) in [6.45, 7) is 3.21. The van der Waals surface area contributed by atoms with Crippen molar-refractivity contribution in [3.63, 3.8) is 0 Å². The van der Waals surface area contributed by atoms with Gasteiger partial charge in [-0.2, -0.15) is 0 Å². The average Bonchev–Trinajstić information content (AvgIpc) is 2.29. The van der Waals surface area contributed by atoms with E-state index in [0.717, 1.165) is 19.6 Å². The van der Waals surface area contributed by atoms with Gasteiger partial charge in [-0.25, -0.2) is 0 Å². The van der Waals surface area contributed by atoms with E-state index in [-0.39, 0.29) is 12.4 Å². The summed E-state index contributed by atoms with van der Waals surface area (Å²) in [5.74, 6) is 0. The van der Waals surface area contributed by atoms with Crippen LogP contribution in [0, 0.1) is 0 Å². The number of nitrogens with one attached hydrogen (secondary N) is 1. The second-order valence-corrected chi connectivity index (χ2v) is 5.06. The number of nitrogens with zero attached hydrogens (tertiary/aromatic N) is 1. The van der Waals surface area contributed by atoms with Crippen molar-refractivity contribution in [1.82, 2.24) is 10.2 Å². The monoisotopic (exact) mass is 273 g/mol. The minimum atomic E-state index is 0. The third-order valence-corrected chi connectivity index (χ3v) is 3.19. The molecular formula is C13H22ClN2S-. The van der Waals surface area contributed by atoms with E-state index in [1.807, 2.05) is 0 Å². The molecule has 1 aromatic rings. The van der Waals surface area contributed by atoms with Crippen LogP contribution in [0.1, 0.15) is 12.0 Å². The fourth-order valence-corrected chi connectivity index (χ4v) is 1.90. The third kappa shape index (κ3) is 7.66. The van der Waals surface area contributed by atoms with Crippen molar-refractivity contribution in [3.05, 3.63) is 29.8 Å². The van der Waals surface area contributed by atoms with Gasteiger partial charge in [0.2, 0.25) is 0 Å². The summed E-state index contributed by atoms with van der Waals surface area (Å²) in [6.07, 6.45) is 3.31. The van der Waals surface area contributed by atoms with Gasteiger partial charge in [0.05, 0.1) is 0 Å². The zero-order chi connectivity index (χ0) is 11.8. The molecule has 17 heavy (non-hydrogen) atoms. The van der Waals surface area contributed by atoms with Crippen molar-refractivity contribution < 1.29 is 12.4 Å². The van der Waals surface area contributed by atoms with Crippen molar-refractivity contribution in [2.45, 2.75) is 17.9 Å². The van der Waals surface area contributed by atoms with Crippen LogP contribution in [-0.4, -0.2) is 38.3 Å². The van der Waals surface area contributed by atoms with Crippen molar-refractivity contribution >= 4 is 11.8 Å². The molecule has 0 aromatic heterocycles. The number of hydrogen-bond donors (Lipinski definition) is 1. The predicted molar refractivity (Wildman–Crippen MR) is 73.1 cm³/mol. The Morgan fingerprint density at radius 1 is 1.18 bits per heavy atom. The van der Waals surface area contributed by atoms with Gasteiger partial charge >= 0.3 is 0 Å².